The Kier molecular flexibility index (Phi) is 5.10. The molecule has 0 atom stereocenters. The molecule has 1 aromatic rings. The summed E-state index contributed by atoms with van der Waals surface area (Å²) < 4.78 is 7.43. The summed E-state index contributed by atoms with van der Waals surface area (Å²) in [6.07, 6.45) is 1.80. The van der Waals surface area contributed by atoms with Gasteiger partial charge >= 0.3 is 0 Å². The molecule has 1 fully saturated rings. The number of morpholine rings is 1. The van der Waals surface area contributed by atoms with Gasteiger partial charge in [-0.2, -0.15) is 0 Å². The van der Waals surface area contributed by atoms with E-state index < -0.39 is 0 Å². The Morgan fingerprint density at radius 3 is 2.67 bits per heavy atom. The van der Waals surface area contributed by atoms with Gasteiger partial charge in [-0.15, -0.1) is 10.2 Å². The first kappa shape index (κ1) is 13.5. The first-order valence-corrected chi connectivity index (χ1v) is 6.59. The van der Waals surface area contributed by atoms with Crippen molar-refractivity contribution in [2.45, 2.75) is 13.5 Å². The van der Waals surface area contributed by atoms with Gasteiger partial charge in [0, 0.05) is 39.3 Å². The molecule has 0 saturated carbocycles. The van der Waals surface area contributed by atoms with Crippen LogP contribution in [-0.2, 0) is 11.3 Å². The largest absolute Gasteiger partial charge is 0.379 e. The Labute approximate surface area is 109 Å². The molecule has 2 heterocycles. The number of likely N-dealkylation sites (N-methyl/N-ethyl adjacent to an activating group) is 1. The first-order valence-electron chi connectivity index (χ1n) is 6.59. The van der Waals surface area contributed by atoms with Crippen LogP contribution in [0, 0.1) is 6.92 Å². The molecule has 0 unspecified atom stereocenters. The van der Waals surface area contributed by atoms with Gasteiger partial charge in [-0.25, -0.2) is 0 Å². The minimum Gasteiger partial charge on any atom is -0.379 e. The highest BCUT2D eigenvalue weighted by Gasteiger charge is 2.10. The number of hydrogen-bond acceptors (Lipinski definition) is 5. The van der Waals surface area contributed by atoms with Crippen molar-refractivity contribution in [1.29, 1.82) is 0 Å². The molecule has 1 saturated heterocycles. The Hall–Kier alpha value is -0.980. The molecule has 0 aromatic carbocycles. The molecule has 0 radical (unpaired) electrons. The van der Waals surface area contributed by atoms with Crippen LogP contribution < -0.4 is 0 Å². The van der Waals surface area contributed by atoms with E-state index in [1.807, 2.05) is 6.92 Å². The summed E-state index contributed by atoms with van der Waals surface area (Å²) in [6.45, 7) is 10.1. The average molecular weight is 253 g/mol. The third-order valence-electron chi connectivity index (χ3n) is 3.43. The van der Waals surface area contributed by atoms with Crippen LogP contribution in [0.25, 0.3) is 0 Å². The number of hydrogen-bond donors (Lipinski definition) is 0. The highest BCUT2D eigenvalue weighted by molar-refractivity contribution is 4.80. The summed E-state index contributed by atoms with van der Waals surface area (Å²) in [6, 6.07) is 0. The number of aromatic nitrogens is 3. The van der Waals surface area contributed by atoms with Crippen molar-refractivity contribution < 1.29 is 4.74 Å². The normalized spacial score (nSPS) is 17.5. The number of nitrogens with zero attached hydrogens (tertiary/aromatic N) is 5. The third-order valence-corrected chi connectivity index (χ3v) is 3.43. The van der Waals surface area contributed by atoms with Gasteiger partial charge in [0.25, 0.3) is 0 Å². The number of aryl methyl sites for hydroxylation is 1. The van der Waals surface area contributed by atoms with Crippen molar-refractivity contribution in [3.63, 3.8) is 0 Å². The standard InChI is InChI=1S/C12H23N5O/c1-12-14-13-11-17(12)6-4-15(2)3-5-16-7-9-18-10-8-16/h11H,3-10H2,1-2H3. The van der Waals surface area contributed by atoms with Crippen LogP contribution in [-0.4, -0.2) is 77.5 Å². The summed E-state index contributed by atoms with van der Waals surface area (Å²) in [5, 5.41) is 7.88. The van der Waals surface area contributed by atoms with E-state index in [4.69, 9.17) is 4.74 Å². The van der Waals surface area contributed by atoms with E-state index in [0.29, 0.717) is 0 Å². The van der Waals surface area contributed by atoms with Crippen molar-refractivity contribution in [3.8, 4) is 0 Å². The molecule has 0 spiro atoms. The summed E-state index contributed by atoms with van der Waals surface area (Å²) in [5.74, 6) is 0.983. The van der Waals surface area contributed by atoms with Crippen molar-refractivity contribution >= 4 is 0 Å². The maximum atomic E-state index is 5.34. The number of rotatable bonds is 6. The second-order valence-corrected chi connectivity index (χ2v) is 4.83. The quantitative estimate of drug-likeness (QED) is 0.705. The van der Waals surface area contributed by atoms with Crippen molar-refractivity contribution in [3.05, 3.63) is 12.2 Å². The van der Waals surface area contributed by atoms with Crippen LogP contribution in [0.15, 0.2) is 6.33 Å². The van der Waals surface area contributed by atoms with E-state index in [1.165, 1.54) is 0 Å². The van der Waals surface area contributed by atoms with Crippen LogP contribution in [0.5, 0.6) is 0 Å². The highest BCUT2D eigenvalue weighted by Crippen LogP contribution is 1.98. The zero-order valence-corrected chi connectivity index (χ0v) is 11.4. The molecule has 1 aromatic heterocycles. The molecular weight excluding hydrogens is 230 g/mol. The second-order valence-electron chi connectivity index (χ2n) is 4.83. The van der Waals surface area contributed by atoms with Gasteiger partial charge in [0.2, 0.25) is 0 Å². The summed E-state index contributed by atoms with van der Waals surface area (Å²) in [5.41, 5.74) is 0. The van der Waals surface area contributed by atoms with Gasteiger partial charge in [-0.1, -0.05) is 0 Å². The van der Waals surface area contributed by atoms with Crippen LogP contribution in [0.2, 0.25) is 0 Å². The van der Waals surface area contributed by atoms with Gasteiger partial charge in [-0.3, -0.25) is 4.90 Å². The Morgan fingerprint density at radius 2 is 2.00 bits per heavy atom. The monoisotopic (exact) mass is 253 g/mol. The van der Waals surface area contributed by atoms with Crippen molar-refractivity contribution in [2.75, 3.05) is 53.0 Å². The molecule has 18 heavy (non-hydrogen) atoms. The fourth-order valence-corrected chi connectivity index (χ4v) is 2.06. The summed E-state index contributed by atoms with van der Waals surface area (Å²) >= 11 is 0. The maximum Gasteiger partial charge on any atom is 0.129 e. The predicted octanol–water partition coefficient (Wildman–Crippen LogP) is -0.149. The molecule has 1 aliphatic heterocycles. The smallest absolute Gasteiger partial charge is 0.129 e. The lowest BCUT2D eigenvalue weighted by Gasteiger charge is -2.28. The van der Waals surface area contributed by atoms with Gasteiger partial charge < -0.3 is 14.2 Å². The minimum atomic E-state index is 0.879. The molecule has 6 nitrogen and oxygen atoms in total. The van der Waals surface area contributed by atoms with Crippen LogP contribution in [0.4, 0.5) is 0 Å². The molecule has 0 bridgehead atoms. The van der Waals surface area contributed by atoms with Crippen LogP contribution in [0.1, 0.15) is 5.82 Å². The van der Waals surface area contributed by atoms with E-state index >= 15 is 0 Å². The minimum absolute atomic E-state index is 0.879. The van der Waals surface area contributed by atoms with Crippen molar-refractivity contribution in [2.24, 2.45) is 0 Å². The fraction of sp³-hybridized carbons (Fsp3) is 0.833. The zero-order chi connectivity index (χ0) is 12.8. The zero-order valence-electron chi connectivity index (χ0n) is 11.4. The Balaban J connectivity index is 1.62. The van der Waals surface area contributed by atoms with E-state index in [0.717, 1.165) is 58.3 Å². The molecule has 0 N–H and O–H groups in total. The molecule has 1 aliphatic rings. The topological polar surface area (TPSA) is 46.4 Å². The highest BCUT2D eigenvalue weighted by atomic mass is 16.5. The van der Waals surface area contributed by atoms with E-state index in [1.54, 1.807) is 6.33 Å². The summed E-state index contributed by atoms with van der Waals surface area (Å²) in [7, 11) is 2.17. The Morgan fingerprint density at radius 1 is 1.28 bits per heavy atom. The number of ether oxygens (including phenoxy) is 1. The molecule has 2 rings (SSSR count). The third kappa shape index (κ3) is 4.04. The van der Waals surface area contributed by atoms with Crippen molar-refractivity contribution in [1.82, 2.24) is 24.6 Å². The Bertz CT molecular complexity index is 348. The van der Waals surface area contributed by atoms with Gasteiger partial charge in [-0.05, 0) is 14.0 Å². The molecule has 0 amide bonds. The van der Waals surface area contributed by atoms with Crippen LogP contribution >= 0.6 is 0 Å². The van der Waals surface area contributed by atoms with Gasteiger partial charge in [0.1, 0.15) is 12.2 Å². The summed E-state index contributed by atoms with van der Waals surface area (Å²) in [4.78, 5) is 4.82. The molecular formula is C12H23N5O. The van der Waals surface area contributed by atoms with E-state index in [9.17, 15) is 0 Å². The molecule has 102 valence electrons. The second kappa shape index (κ2) is 6.82. The van der Waals surface area contributed by atoms with Gasteiger partial charge in [0.15, 0.2) is 0 Å². The molecule has 0 aliphatic carbocycles. The van der Waals surface area contributed by atoms with E-state index in [-0.39, 0.29) is 0 Å². The lowest BCUT2D eigenvalue weighted by molar-refractivity contribution is 0.0344. The first-order chi connectivity index (χ1) is 8.75. The van der Waals surface area contributed by atoms with Gasteiger partial charge in [0.05, 0.1) is 13.2 Å². The SMILES string of the molecule is Cc1nncn1CCN(C)CCN1CCOCC1. The maximum absolute atomic E-state index is 5.34. The molecule has 6 heteroatoms. The van der Waals surface area contributed by atoms with Crippen LogP contribution in [0.3, 0.4) is 0 Å². The fourth-order valence-electron chi connectivity index (χ4n) is 2.06. The van der Waals surface area contributed by atoms with E-state index in [2.05, 4.69) is 31.6 Å². The lowest BCUT2D eigenvalue weighted by atomic mass is 10.4. The lowest BCUT2D eigenvalue weighted by Crippen LogP contribution is -2.41. The predicted molar refractivity (Wildman–Crippen MR) is 69.5 cm³/mol. The average Bonchev–Trinajstić information content (AvgIpc) is 2.81.